The molecule has 17 heavy (non-hydrogen) atoms. The van der Waals surface area contributed by atoms with E-state index in [0.29, 0.717) is 17.1 Å². The largest absolute Gasteiger partial charge is 0.387 e. The molecule has 2 atom stereocenters. The zero-order valence-corrected chi connectivity index (χ0v) is 11.6. The van der Waals surface area contributed by atoms with E-state index in [1.165, 1.54) is 6.42 Å². The molecule has 0 aromatic carbocycles. The van der Waals surface area contributed by atoms with Crippen molar-refractivity contribution >= 4 is 15.9 Å². The molecule has 0 bridgehead atoms. The average Bonchev–Trinajstić information content (AvgIpc) is 2.67. The second-order valence-corrected chi connectivity index (χ2v) is 5.22. The van der Waals surface area contributed by atoms with Crippen molar-refractivity contribution < 1.29 is 9.84 Å². The summed E-state index contributed by atoms with van der Waals surface area (Å²) in [7, 11) is 1.79. The number of ether oxygens (including phenoxy) is 1. The molecule has 2 rings (SSSR count). The number of nitrogens with zero attached hydrogens (tertiary/aromatic N) is 3. The molecule has 1 fully saturated rings. The van der Waals surface area contributed by atoms with Gasteiger partial charge < -0.3 is 9.84 Å². The van der Waals surface area contributed by atoms with Gasteiger partial charge >= 0.3 is 0 Å². The maximum atomic E-state index is 10.1. The van der Waals surface area contributed by atoms with Gasteiger partial charge in [0.15, 0.2) is 4.60 Å². The van der Waals surface area contributed by atoms with E-state index >= 15 is 0 Å². The molecule has 1 aliphatic rings. The van der Waals surface area contributed by atoms with Crippen LogP contribution in [0.25, 0.3) is 0 Å². The Morgan fingerprint density at radius 3 is 3.00 bits per heavy atom. The van der Waals surface area contributed by atoms with Gasteiger partial charge in [-0.2, -0.15) is 0 Å². The highest BCUT2D eigenvalue weighted by Gasteiger charge is 2.20. The van der Waals surface area contributed by atoms with Gasteiger partial charge in [0.2, 0.25) is 0 Å². The molecule has 6 heteroatoms. The summed E-state index contributed by atoms with van der Waals surface area (Å²) in [5, 5.41) is 17.8. The van der Waals surface area contributed by atoms with Crippen LogP contribution >= 0.6 is 15.9 Å². The summed E-state index contributed by atoms with van der Waals surface area (Å²) in [6, 6.07) is 0. The van der Waals surface area contributed by atoms with Crippen molar-refractivity contribution in [3.63, 3.8) is 0 Å². The van der Waals surface area contributed by atoms with Crippen molar-refractivity contribution in [3.05, 3.63) is 10.3 Å². The van der Waals surface area contributed by atoms with Gasteiger partial charge in [-0.3, -0.25) is 0 Å². The van der Waals surface area contributed by atoms with E-state index in [1.807, 2.05) is 0 Å². The first-order valence-corrected chi connectivity index (χ1v) is 6.82. The molecule has 5 nitrogen and oxygen atoms in total. The van der Waals surface area contributed by atoms with Crippen molar-refractivity contribution in [3.8, 4) is 0 Å². The summed E-state index contributed by atoms with van der Waals surface area (Å²) in [6.07, 6.45) is 4.85. The van der Waals surface area contributed by atoms with E-state index in [4.69, 9.17) is 4.74 Å². The van der Waals surface area contributed by atoms with Crippen LogP contribution in [0, 0.1) is 0 Å². The Labute approximate surface area is 109 Å². The highest BCUT2D eigenvalue weighted by atomic mass is 79.9. The first-order chi connectivity index (χ1) is 8.18. The summed E-state index contributed by atoms with van der Waals surface area (Å²) in [6.45, 7) is 0.859. The van der Waals surface area contributed by atoms with Crippen molar-refractivity contribution in [1.29, 1.82) is 0 Å². The number of halogens is 1. The van der Waals surface area contributed by atoms with Crippen LogP contribution in [0.15, 0.2) is 4.60 Å². The Kier molecular flexibility index (Phi) is 4.53. The minimum Gasteiger partial charge on any atom is -0.387 e. The lowest BCUT2D eigenvalue weighted by molar-refractivity contribution is 0.00155. The molecule has 96 valence electrons. The molecule has 0 saturated carbocycles. The lowest BCUT2D eigenvalue weighted by Crippen LogP contribution is -2.20. The third-order valence-electron chi connectivity index (χ3n) is 3.18. The van der Waals surface area contributed by atoms with Crippen molar-refractivity contribution in [2.24, 2.45) is 7.05 Å². The monoisotopic (exact) mass is 303 g/mol. The topological polar surface area (TPSA) is 60.2 Å². The van der Waals surface area contributed by atoms with Crippen molar-refractivity contribution in [2.75, 3.05) is 6.61 Å². The zero-order chi connectivity index (χ0) is 12.3. The maximum absolute atomic E-state index is 10.1. The molecule has 1 N–H and O–H groups in total. The Bertz CT molecular complexity index is 344. The third-order valence-corrected chi connectivity index (χ3v) is 3.74. The minimum absolute atomic E-state index is 0.304. The second kappa shape index (κ2) is 5.93. The number of aromatic nitrogens is 3. The van der Waals surface area contributed by atoms with E-state index < -0.39 is 6.10 Å². The number of aliphatic hydroxyl groups is 1. The summed E-state index contributed by atoms with van der Waals surface area (Å²) in [5.41, 5.74) is 0.737. The van der Waals surface area contributed by atoms with Gasteiger partial charge in [0, 0.05) is 13.7 Å². The Morgan fingerprint density at radius 1 is 1.59 bits per heavy atom. The van der Waals surface area contributed by atoms with E-state index in [9.17, 15) is 5.11 Å². The Morgan fingerprint density at radius 2 is 2.41 bits per heavy atom. The second-order valence-electron chi connectivity index (χ2n) is 4.47. The van der Waals surface area contributed by atoms with Crippen LogP contribution < -0.4 is 0 Å². The smallest absolute Gasteiger partial charge is 0.154 e. The van der Waals surface area contributed by atoms with Crippen molar-refractivity contribution in [1.82, 2.24) is 15.0 Å². The lowest BCUT2D eigenvalue weighted by Gasteiger charge is -2.23. The highest BCUT2D eigenvalue weighted by Crippen LogP contribution is 2.26. The van der Waals surface area contributed by atoms with Crippen LogP contribution in [0.3, 0.4) is 0 Å². The number of hydrogen-bond acceptors (Lipinski definition) is 4. The van der Waals surface area contributed by atoms with Gasteiger partial charge in [0.1, 0.15) is 5.69 Å². The van der Waals surface area contributed by atoms with E-state index in [-0.39, 0.29) is 0 Å². The number of aryl methyl sites for hydroxylation is 1. The van der Waals surface area contributed by atoms with Crippen LogP contribution in [0.4, 0.5) is 0 Å². The first kappa shape index (κ1) is 13.0. The van der Waals surface area contributed by atoms with E-state index in [2.05, 4.69) is 26.2 Å². The average molecular weight is 304 g/mol. The van der Waals surface area contributed by atoms with Gasteiger partial charge in [0.25, 0.3) is 0 Å². The zero-order valence-electron chi connectivity index (χ0n) is 9.97. The fourth-order valence-corrected chi connectivity index (χ4v) is 2.80. The molecule has 1 aromatic rings. The fourth-order valence-electron chi connectivity index (χ4n) is 2.21. The van der Waals surface area contributed by atoms with Crippen molar-refractivity contribution in [2.45, 2.75) is 44.3 Å². The van der Waals surface area contributed by atoms with Crippen LogP contribution in [0.5, 0.6) is 0 Å². The van der Waals surface area contributed by atoms with Crippen LogP contribution in [-0.2, 0) is 11.8 Å². The quantitative estimate of drug-likeness (QED) is 0.924. The van der Waals surface area contributed by atoms with Crippen LogP contribution in [0.1, 0.15) is 43.9 Å². The summed E-state index contributed by atoms with van der Waals surface area (Å²) in [5.74, 6) is 0. The highest BCUT2D eigenvalue weighted by molar-refractivity contribution is 9.10. The van der Waals surface area contributed by atoms with Gasteiger partial charge in [-0.25, -0.2) is 4.68 Å². The summed E-state index contributed by atoms with van der Waals surface area (Å²) < 4.78 is 7.88. The molecule has 0 aliphatic carbocycles. The predicted molar refractivity (Wildman–Crippen MR) is 66.5 cm³/mol. The predicted octanol–water partition coefficient (Wildman–Crippen LogP) is 1.96. The first-order valence-electron chi connectivity index (χ1n) is 6.03. The molecule has 2 heterocycles. The van der Waals surface area contributed by atoms with Crippen LogP contribution in [-0.4, -0.2) is 32.8 Å². The van der Waals surface area contributed by atoms with E-state index in [1.54, 1.807) is 11.7 Å². The Balaban J connectivity index is 1.86. The maximum Gasteiger partial charge on any atom is 0.154 e. The number of rotatable bonds is 4. The molecular formula is C11H18BrN3O2. The fraction of sp³-hybridized carbons (Fsp3) is 0.818. The van der Waals surface area contributed by atoms with Gasteiger partial charge in [0.05, 0.1) is 12.2 Å². The summed E-state index contributed by atoms with van der Waals surface area (Å²) >= 11 is 3.30. The molecule has 1 saturated heterocycles. The molecule has 0 spiro atoms. The SMILES string of the molecule is Cn1nnc(Br)c1C(O)CCC1CCCCO1. The number of aliphatic hydroxyl groups excluding tert-OH is 1. The minimum atomic E-state index is -0.532. The molecule has 2 unspecified atom stereocenters. The van der Waals surface area contributed by atoms with Gasteiger partial charge in [-0.1, -0.05) is 5.21 Å². The van der Waals surface area contributed by atoms with E-state index in [0.717, 1.165) is 31.6 Å². The lowest BCUT2D eigenvalue weighted by atomic mass is 10.0. The summed E-state index contributed by atoms with van der Waals surface area (Å²) in [4.78, 5) is 0. The molecule has 0 amide bonds. The van der Waals surface area contributed by atoms with Crippen LogP contribution in [0.2, 0.25) is 0 Å². The molecular weight excluding hydrogens is 286 g/mol. The molecule has 1 aromatic heterocycles. The number of hydrogen-bond donors (Lipinski definition) is 1. The Hall–Kier alpha value is -0.460. The van der Waals surface area contributed by atoms with Gasteiger partial charge in [-0.05, 0) is 48.0 Å². The normalized spacial score (nSPS) is 22.6. The molecule has 1 aliphatic heterocycles. The standard InChI is InChI=1S/C11H18BrN3O2/c1-15-10(11(12)13-14-15)9(16)6-5-8-4-2-3-7-17-8/h8-9,16H,2-7H2,1H3. The molecule has 0 radical (unpaired) electrons. The third kappa shape index (κ3) is 3.26. The van der Waals surface area contributed by atoms with Gasteiger partial charge in [-0.15, -0.1) is 5.10 Å².